The number of hydrogen-bond donors (Lipinski definition) is 0. The van der Waals surface area contributed by atoms with E-state index in [0.717, 1.165) is 135 Å². The van der Waals surface area contributed by atoms with Gasteiger partial charge in [0.05, 0.1) is 9.79 Å². The van der Waals surface area contributed by atoms with E-state index in [-0.39, 0.29) is 47.5 Å². The molecule has 4 aromatic carbocycles. The van der Waals surface area contributed by atoms with Gasteiger partial charge in [-0.2, -0.15) is 0 Å². The van der Waals surface area contributed by atoms with Crippen molar-refractivity contribution in [1.29, 1.82) is 0 Å². The molecular weight excluding hydrogens is 729 g/mol. The molecule has 0 fully saturated rings. The second kappa shape index (κ2) is 24.9. The molecule has 4 rings (SSSR count). The van der Waals surface area contributed by atoms with Crippen LogP contribution in [0.1, 0.15) is 153 Å². The molecule has 288 valence electrons. The van der Waals surface area contributed by atoms with E-state index < -0.39 is 20.2 Å². The van der Waals surface area contributed by atoms with Gasteiger partial charge in [0.2, 0.25) is 0 Å². The molecule has 53 heavy (non-hydrogen) atoms. The Morgan fingerprint density at radius 3 is 0.981 bits per heavy atom. The Kier molecular flexibility index (Phi) is 22.4. The van der Waals surface area contributed by atoms with Crippen LogP contribution in [-0.2, 0) is 45.9 Å². The molecule has 0 N–H and O–H groups in total. The molecular formula is C44H62CaO6S2. The summed E-state index contributed by atoms with van der Waals surface area (Å²) in [4.78, 5) is -0.00335. The predicted octanol–water partition coefficient (Wildman–Crippen LogP) is 11.6. The minimum atomic E-state index is -4.48. The van der Waals surface area contributed by atoms with Crippen molar-refractivity contribution >= 4 is 79.5 Å². The molecule has 0 unspecified atom stereocenters. The van der Waals surface area contributed by atoms with Crippen LogP contribution in [-0.4, -0.2) is 63.7 Å². The van der Waals surface area contributed by atoms with E-state index in [1.807, 2.05) is 36.4 Å². The molecule has 9 heteroatoms. The molecule has 0 amide bonds. The molecule has 0 atom stereocenters. The Labute approximate surface area is 351 Å². The van der Waals surface area contributed by atoms with Crippen molar-refractivity contribution < 1.29 is 25.9 Å². The fourth-order valence-electron chi connectivity index (χ4n) is 7.28. The molecule has 0 saturated carbocycles. The Bertz CT molecular complexity index is 1770. The molecule has 0 radical (unpaired) electrons. The van der Waals surface area contributed by atoms with Crippen LogP contribution in [0.4, 0.5) is 0 Å². The Balaban J connectivity index is 0.000000360. The van der Waals surface area contributed by atoms with Crippen LogP contribution in [0.2, 0.25) is 0 Å². The van der Waals surface area contributed by atoms with Crippen LogP contribution in [0.5, 0.6) is 0 Å². The van der Waals surface area contributed by atoms with Gasteiger partial charge in [-0.15, -0.1) is 0 Å². The van der Waals surface area contributed by atoms with Crippen LogP contribution in [0.3, 0.4) is 0 Å². The quantitative estimate of drug-likeness (QED) is 0.0445. The molecule has 0 aliphatic carbocycles. The summed E-state index contributed by atoms with van der Waals surface area (Å²) in [6.45, 7) is 8.64. The average molecular weight is 791 g/mol. The largest absolute Gasteiger partial charge is 2.00 e. The van der Waals surface area contributed by atoms with Gasteiger partial charge in [-0.05, 0) is 107 Å². The van der Waals surface area contributed by atoms with Crippen LogP contribution in [0.15, 0.2) is 70.5 Å². The van der Waals surface area contributed by atoms with Crippen molar-refractivity contribution in [2.75, 3.05) is 0 Å². The maximum atomic E-state index is 12.0. The van der Waals surface area contributed by atoms with Gasteiger partial charge in [0, 0.05) is 0 Å². The number of aryl methyl sites for hydroxylation is 4. The third kappa shape index (κ3) is 15.2. The Hall–Kier alpha value is -1.52. The van der Waals surface area contributed by atoms with E-state index in [0.29, 0.717) is 24.0 Å². The maximum Gasteiger partial charge on any atom is 2.00 e. The van der Waals surface area contributed by atoms with Crippen LogP contribution < -0.4 is 0 Å². The summed E-state index contributed by atoms with van der Waals surface area (Å²) in [5.41, 5.74) is 3.40. The van der Waals surface area contributed by atoms with E-state index in [9.17, 15) is 25.9 Å². The van der Waals surface area contributed by atoms with Crippen molar-refractivity contribution in [3.63, 3.8) is 0 Å². The first-order chi connectivity index (χ1) is 25.0. The smallest absolute Gasteiger partial charge is 0.744 e. The van der Waals surface area contributed by atoms with Crippen molar-refractivity contribution in [2.24, 2.45) is 0 Å². The number of fused-ring (bicyclic) bond motifs is 2. The Morgan fingerprint density at radius 1 is 0.415 bits per heavy atom. The third-order valence-electron chi connectivity index (χ3n) is 10.1. The topological polar surface area (TPSA) is 114 Å². The maximum absolute atomic E-state index is 12.0. The Morgan fingerprint density at radius 2 is 0.698 bits per heavy atom. The zero-order valence-corrected chi connectivity index (χ0v) is 36.7. The molecule has 0 aliphatic heterocycles. The number of hydrogen-bond acceptors (Lipinski definition) is 6. The van der Waals surface area contributed by atoms with Gasteiger partial charge in [0.1, 0.15) is 20.2 Å². The van der Waals surface area contributed by atoms with Gasteiger partial charge in [0.15, 0.2) is 0 Å². The standard InChI is InChI=1S/2C22H32O3S.Ca/c2*1-3-5-7-9-13-18-17-22(26(23,24)25)21(16-10-8-6-4-2)20-15-12-11-14-19(18)20;/h2*11-12,14-15,17H,3-10,13,16H2,1-2H3,(H,23,24,25);/q;;+2/p-2. The molecule has 0 bridgehead atoms. The van der Waals surface area contributed by atoms with Crippen LogP contribution >= 0.6 is 0 Å². The molecule has 4 aromatic rings. The zero-order valence-electron chi connectivity index (χ0n) is 32.9. The first-order valence-electron chi connectivity index (χ1n) is 20.0. The normalized spacial score (nSPS) is 11.7. The van der Waals surface area contributed by atoms with Gasteiger partial charge in [-0.1, -0.05) is 153 Å². The monoisotopic (exact) mass is 790 g/mol. The summed E-state index contributed by atoms with van der Waals surface area (Å²) in [5, 5.41) is 4.07. The summed E-state index contributed by atoms with van der Waals surface area (Å²) in [6.07, 6.45) is 20.4. The van der Waals surface area contributed by atoms with Crippen LogP contribution in [0.25, 0.3) is 21.5 Å². The van der Waals surface area contributed by atoms with Gasteiger partial charge in [-0.25, -0.2) is 16.8 Å². The summed E-state index contributed by atoms with van der Waals surface area (Å²) in [6, 6.07) is 19.2. The third-order valence-corrected chi connectivity index (χ3v) is 11.9. The molecule has 0 aliphatic rings. The van der Waals surface area contributed by atoms with E-state index in [1.165, 1.54) is 12.8 Å². The summed E-state index contributed by atoms with van der Waals surface area (Å²) in [5.74, 6) is 0. The second-order valence-electron chi connectivity index (χ2n) is 14.3. The summed E-state index contributed by atoms with van der Waals surface area (Å²) < 4.78 is 71.8. The van der Waals surface area contributed by atoms with Crippen molar-refractivity contribution in [2.45, 2.75) is 166 Å². The van der Waals surface area contributed by atoms with Gasteiger partial charge >= 0.3 is 37.7 Å². The number of benzene rings is 4. The minimum absolute atomic E-state index is 0. The van der Waals surface area contributed by atoms with Gasteiger partial charge in [-0.3, -0.25) is 0 Å². The number of rotatable bonds is 22. The zero-order chi connectivity index (χ0) is 38.0. The van der Waals surface area contributed by atoms with E-state index in [1.54, 1.807) is 12.1 Å². The van der Waals surface area contributed by atoms with Crippen molar-refractivity contribution in [3.8, 4) is 0 Å². The van der Waals surface area contributed by atoms with E-state index in [4.69, 9.17) is 0 Å². The minimum Gasteiger partial charge on any atom is -0.744 e. The molecule has 0 heterocycles. The predicted molar refractivity (Wildman–Crippen MR) is 221 cm³/mol. The van der Waals surface area contributed by atoms with E-state index in [2.05, 4.69) is 39.8 Å². The first kappa shape index (κ1) is 47.6. The number of unbranched alkanes of at least 4 members (excludes halogenated alkanes) is 12. The summed E-state index contributed by atoms with van der Waals surface area (Å²) in [7, 11) is -8.95. The molecule has 0 aromatic heterocycles. The SMILES string of the molecule is CCCCCCc1cc(S(=O)(=O)[O-])c(CCCCCC)c2ccccc12.CCCCCCc1cc(S(=O)(=O)[O-])c(CCCCCC)c2ccccc12.[Ca+2]. The summed E-state index contributed by atoms with van der Waals surface area (Å²) >= 11 is 0. The van der Waals surface area contributed by atoms with Gasteiger partial charge in [0.25, 0.3) is 0 Å². The molecule has 0 spiro atoms. The molecule has 0 saturated heterocycles. The van der Waals surface area contributed by atoms with Gasteiger partial charge < -0.3 is 9.11 Å². The molecule has 6 nitrogen and oxygen atoms in total. The fourth-order valence-corrected chi connectivity index (χ4v) is 8.88. The van der Waals surface area contributed by atoms with Crippen LogP contribution in [0, 0.1) is 0 Å². The fraction of sp³-hybridized carbons (Fsp3) is 0.545. The van der Waals surface area contributed by atoms with Crippen molar-refractivity contribution in [1.82, 2.24) is 0 Å². The average Bonchev–Trinajstić information content (AvgIpc) is 3.12. The second-order valence-corrected chi connectivity index (χ2v) is 17.0. The van der Waals surface area contributed by atoms with E-state index >= 15 is 0 Å². The first-order valence-corrected chi connectivity index (χ1v) is 22.8. The van der Waals surface area contributed by atoms with Crippen molar-refractivity contribution in [3.05, 3.63) is 82.9 Å².